The molecule has 116 valence electrons. The van der Waals surface area contributed by atoms with E-state index < -0.39 is 0 Å². The normalized spacial score (nSPS) is 15.1. The summed E-state index contributed by atoms with van der Waals surface area (Å²) in [5, 5.41) is 6.81. The van der Waals surface area contributed by atoms with Crippen LogP contribution in [0, 0.1) is 0 Å². The Labute approximate surface area is 129 Å². The van der Waals surface area contributed by atoms with Gasteiger partial charge < -0.3 is 15.6 Å². The van der Waals surface area contributed by atoms with Crippen LogP contribution in [0.15, 0.2) is 35.1 Å². The summed E-state index contributed by atoms with van der Waals surface area (Å²) in [6.07, 6.45) is 5.04. The number of aromatic amines is 1. The lowest BCUT2D eigenvalue weighted by Gasteiger charge is -2.12. The van der Waals surface area contributed by atoms with Gasteiger partial charge in [-0.1, -0.05) is 31.0 Å². The van der Waals surface area contributed by atoms with Crippen molar-refractivity contribution < 1.29 is 4.79 Å². The lowest BCUT2D eigenvalue weighted by molar-refractivity contribution is 0.237. The van der Waals surface area contributed by atoms with Gasteiger partial charge in [-0.2, -0.15) is 0 Å². The summed E-state index contributed by atoms with van der Waals surface area (Å²) in [6, 6.07) is 9.76. The van der Waals surface area contributed by atoms with Crippen molar-refractivity contribution >= 4 is 16.9 Å². The quantitative estimate of drug-likeness (QED) is 0.810. The van der Waals surface area contributed by atoms with Gasteiger partial charge in [0, 0.05) is 23.7 Å². The second-order valence-corrected chi connectivity index (χ2v) is 5.84. The summed E-state index contributed by atoms with van der Waals surface area (Å²) in [4.78, 5) is 26.7. The number of fused-ring (bicyclic) bond motifs is 1. The molecule has 0 atom stereocenters. The van der Waals surface area contributed by atoms with E-state index in [1.54, 1.807) is 0 Å². The van der Waals surface area contributed by atoms with Gasteiger partial charge >= 0.3 is 6.03 Å². The van der Waals surface area contributed by atoms with Crippen LogP contribution in [0.1, 0.15) is 31.2 Å². The molecule has 2 amide bonds. The minimum Gasteiger partial charge on any atom is -0.338 e. The Morgan fingerprint density at radius 2 is 2.00 bits per heavy atom. The zero-order chi connectivity index (χ0) is 15.4. The van der Waals surface area contributed by atoms with Crippen molar-refractivity contribution in [1.29, 1.82) is 0 Å². The minimum absolute atomic E-state index is 0.0864. The molecule has 1 fully saturated rings. The topological polar surface area (TPSA) is 74.0 Å². The van der Waals surface area contributed by atoms with E-state index in [0.717, 1.165) is 23.7 Å². The molecule has 3 rings (SSSR count). The second-order valence-electron chi connectivity index (χ2n) is 5.84. The summed E-state index contributed by atoms with van der Waals surface area (Å²) in [5.74, 6) is 0. The molecular weight excluding hydrogens is 278 g/mol. The Morgan fingerprint density at radius 3 is 2.82 bits per heavy atom. The van der Waals surface area contributed by atoms with Crippen LogP contribution < -0.4 is 16.2 Å². The van der Waals surface area contributed by atoms with Crippen LogP contribution >= 0.6 is 0 Å². The highest BCUT2D eigenvalue weighted by Gasteiger charge is 2.16. The third-order valence-corrected chi connectivity index (χ3v) is 4.20. The molecule has 22 heavy (non-hydrogen) atoms. The van der Waals surface area contributed by atoms with Crippen LogP contribution in [-0.4, -0.2) is 23.6 Å². The third-order valence-electron chi connectivity index (χ3n) is 4.20. The smallest absolute Gasteiger partial charge is 0.315 e. The molecule has 0 unspecified atom stereocenters. The number of urea groups is 1. The van der Waals surface area contributed by atoms with Crippen LogP contribution in [0.2, 0.25) is 0 Å². The largest absolute Gasteiger partial charge is 0.338 e. The Kier molecular flexibility index (Phi) is 4.42. The number of hydrogen-bond donors (Lipinski definition) is 3. The molecule has 0 bridgehead atoms. The minimum atomic E-state index is -0.135. The first-order valence-electron chi connectivity index (χ1n) is 7.88. The van der Waals surface area contributed by atoms with E-state index in [0.29, 0.717) is 24.6 Å². The Bertz CT molecular complexity index is 717. The van der Waals surface area contributed by atoms with Crippen LogP contribution in [0.5, 0.6) is 0 Å². The van der Waals surface area contributed by atoms with Crippen molar-refractivity contribution in [2.75, 3.05) is 6.54 Å². The van der Waals surface area contributed by atoms with Crippen molar-refractivity contribution in [3.05, 3.63) is 46.2 Å². The van der Waals surface area contributed by atoms with Crippen LogP contribution in [0.25, 0.3) is 10.9 Å². The van der Waals surface area contributed by atoms with Crippen molar-refractivity contribution in [1.82, 2.24) is 15.6 Å². The van der Waals surface area contributed by atoms with Gasteiger partial charge in [0.25, 0.3) is 5.56 Å². The molecule has 0 saturated heterocycles. The number of amides is 2. The number of aromatic nitrogens is 1. The molecule has 1 heterocycles. The molecule has 5 heteroatoms. The number of rotatable bonds is 4. The van der Waals surface area contributed by atoms with Gasteiger partial charge in [-0.15, -0.1) is 0 Å². The first-order chi connectivity index (χ1) is 10.7. The number of nitrogens with one attached hydrogen (secondary N) is 3. The van der Waals surface area contributed by atoms with Crippen molar-refractivity contribution in [3.63, 3.8) is 0 Å². The van der Waals surface area contributed by atoms with E-state index in [1.165, 1.54) is 12.8 Å². The molecule has 0 aliphatic heterocycles. The highest BCUT2D eigenvalue weighted by atomic mass is 16.2. The summed E-state index contributed by atoms with van der Waals surface area (Å²) >= 11 is 0. The first-order valence-corrected chi connectivity index (χ1v) is 7.88. The molecule has 1 saturated carbocycles. The fourth-order valence-corrected chi connectivity index (χ4v) is 3.00. The monoisotopic (exact) mass is 299 g/mol. The maximum Gasteiger partial charge on any atom is 0.315 e. The molecule has 2 aromatic rings. The molecule has 0 radical (unpaired) electrons. The molecule has 3 N–H and O–H groups in total. The van der Waals surface area contributed by atoms with E-state index in [-0.39, 0.29) is 11.6 Å². The summed E-state index contributed by atoms with van der Waals surface area (Å²) in [7, 11) is 0. The third kappa shape index (κ3) is 3.47. The van der Waals surface area contributed by atoms with Crippen molar-refractivity contribution in [3.8, 4) is 0 Å². The molecule has 0 spiro atoms. The number of carbonyl (C=O) groups is 1. The van der Waals surface area contributed by atoms with Crippen LogP contribution in [-0.2, 0) is 6.42 Å². The van der Waals surface area contributed by atoms with Gasteiger partial charge in [0.15, 0.2) is 0 Å². The highest BCUT2D eigenvalue weighted by Crippen LogP contribution is 2.17. The van der Waals surface area contributed by atoms with Gasteiger partial charge in [-0.25, -0.2) is 4.79 Å². The molecule has 1 aromatic heterocycles. The molecule has 5 nitrogen and oxygen atoms in total. The zero-order valence-corrected chi connectivity index (χ0v) is 12.5. The fourth-order valence-electron chi connectivity index (χ4n) is 3.00. The number of hydrogen-bond acceptors (Lipinski definition) is 2. The Morgan fingerprint density at radius 1 is 1.23 bits per heavy atom. The maximum absolute atomic E-state index is 12.0. The number of benzene rings is 1. The summed E-state index contributed by atoms with van der Waals surface area (Å²) in [6.45, 7) is 0.458. The van der Waals surface area contributed by atoms with Gasteiger partial charge in [-0.3, -0.25) is 4.79 Å². The number of carbonyl (C=O) groups excluding carboxylic acids is 1. The van der Waals surface area contributed by atoms with E-state index >= 15 is 0 Å². The molecule has 1 aromatic carbocycles. The summed E-state index contributed by atoms with van der Waals surface area (Å²) < 4.78 is 0. The number of pyridine rings is 1. The average Bonchev–Trinajstić information content (AvgIpc) is 3.00. The van der Waals surface area contributed by atoms with E-state index in [1.807, 2.05) is 30.3 Å². The van der Waals surface area contributed by atoms with Crippen LogP contribution in [0.3, 0.4) is 0 Å². The zero-order valence-electron chi connectivity index (χ0n) is 12.5. The fraction of sp³-hybridized carbons (Fsp3) is 0.412. The van der Waals surface area contributed by atoms with Gasteiger partial charge in [0.05, 0.1) is 0 Å². The van der Waals surface area contributed by atoms with Gasteiger partial charge in [0.1, 0.15) is 0 Å². The standard InChI is InChI=1S/C17H21N3O2/c21-16-13(11-12-5-1-4-8-15(12)20-16)9-10-18-17(22)19-14-6-2-3-7-14/h1,4-5,8,11,14H,2-3,6-7,9-10H2,(H,20,21)(H2,18,19,22). The Balaban J connectivity index is 1.56. The van der Waals surface area contributed by atoms with E-state index in [9.17, 15) is 9.59 Å². The first kappa shape index (κ1) is 14.6. The number of H-pyrrole nitrogens is 1. The van der Waals surface area contributed by atoms with Gasteiger partial charge in [0.2, 0.25) is 0 Å². The predicted octanol–water partition coefficient (Wildman–Crippen LogP) is 2.31. The SMILES string of the molecule is O=C(NCCc1cc2ccccc2[nH]c1=O)NC1CCCC1. The van der Waals surface area contributed by atoms with Crippen LogP contribution in [0.4, 0.5) is 4.79 Å². The number of para-hydroxylation sites is 1. The molecular formula is C17H21N3O2. The second kappa shape index (κ2) is 6.64. The molecule has 1 aliphatic rings. The van der Waals surface area contributed by atoms with Gasteiger partial charge in [-0.05, 0) is 36.8 Å². The average molecular weight is 299 g/mol. The highest BCUT2D eigenvalue weighted by molar-refractivity contribution is 5.78. The maximum atomic E-state index is 12.0. The van der Waals surface area contributed by atoms with Crippen molar-refractivity contribution in [2.45, 2.75) is 38.1 Å². The van der Waals surface area contributed by atoms with E-state index in [2.05, 4.69) is 15.6 Å². The summed E-state index contributed by atoms with van der Waals surface area (Å²) in [5.41, 5.74) is 1.44. The lowest BCUT2D eigenvalue weighted by atomic mass is 10.1. The molecule has 1 aliphatic carbocycles. The lowest BCUT2D eigenvalue weighted by Crippen LogP contribution is -2.41. The predicted molar refractivity (Wildman–Crippen MR) is 87.1 cm³/mol. The Hall–Kier alpha value is -2.30. The van der Waals surface area contributed by atoms with Crippen molar-refractivity contribution in [2.24, 2.45) is 0 Å². The van der Waals surface area contributed by atoms with E-state index in [4.69, 9.17) is 0 Å².